The van der Waals surface area contributed by atoms with E-state index in [1.165, 1.54) is 10.9 Å². The molecule has 0 aromatic carbocycles. The van der Waals surface area contributed by atoms with Gasteiger partial charge in [-0.1, -0.05) is 25.4 Å². The molecule has 0 saturated carbocycles. The minimum absolute atomic E-state index is 0.404. The molecule has 0 saturated heterocycles. The lowest BCUT2D eigenvalue weighted by atomic mass is 10.0. The summed E-state index contributed by atoms with van der Waals surface area (Å²) in [6, 6.07) is 4.33. The fourth-order valence-electron chi connectivity index (χ4n) is 1.98. The van der Waals surface area contributed by atoms with E-state index in [0.717, 1.165) is 5.65 Å². The van der Waals surface area contributed by atoms with Gasteiger partial charge in [-0.25, -0.2) is 4.98 Å². The van der Waals surface area contributed by atoms with E-state index in [1.54, 1.807) is 0 Å². The highest BCUT2D eigenvalue weighted by Gasteiger charge is 2.14. The van der Waals surface area contributed by atoms with Crippen molar-refractivity contribution >= 4 is 22.6 Å². The van der Waals surface area contributed by atoms with Crippen LogP contribution in [0.15, 0.2) is 18.3 Å². The van der Waals surface area contributed by atoms with Crippen molar-refractivity contribution in [2.45, 2.75) is 39.7 Å². The molecule has 2 aromatic rings. The van der Waals surface area contributed by atoms with E-state index in [2.05, 4.69) is 49.5 Å². The fourth-order valence-corrected chi connectivity index (χ4v) is 2.12. The Hall–Kier alpha value is -1.02. The van der Waals surface area contributed by atoms with Gasteiger partial charge < -0.3 is 4.57 Å². The molecule has 0 aliphatic heterocycles. The van der Waals surface area contributed by atoms with Gasteiger partial charge in [0.05, 0.1) is 0 Å². The summed E-state index contributed by atoms with van der Waals surface area (Å²) in [7, 11) is 0. The van der Waals surface area contributed by atoms with Crippen molar-refractivity contribution in [2.24, 2.45) is 0 Å². The Kier molecular flexibility index (Phi) is 2.94. The molecule has 0 spiro atoms. The first-order valence-corrected chi connectivity index (χ1v) is 6.05. The highest BCUT2D eigenvalue weighted by molar-refractivity contribution is 6.29. The zero-order chi connectivity index (χ0) is 11.9. The van der Waals surface area contributed by atoms with Gasteiger partial charge in [-0.2, -0.15) is 0 Å². The number of hydrogen-bond donors (Lipinski definition) is 0. The molecule has 0 fully saturated rings. The average molecular weight is 237 g/mol. The Labute approximate surface area is 101 Å². The van der Waals surface area contributed by atoms with Gasteiger partial charge >= 0.3 is 0 Å². The summed E-state index contributed by atoms with van der Waals surface area (Å²) in [6.45, 7) is 8.72. The molecule has 0 radical (unpaired) electrons. The summed E-state index contributed by atoms with van der Waals surface area (Å²) in [6.07, 6.45) is 2.20. The number of aromatic nitrogens is 2. The molecule has 86 valence electrons. The van der Waals surface area contributed by atoms with Gasteiger partial charge in [0.2, 0.25) is 0 Å². The van der Waals surface area contributed by atoms with Crippen molar-refractivity contribution in [3.05, 3.63) is 29.0 Å². The predicted octanol–water partition coefficient (Wildman–Crippen LogP) is 4.39. The molecule has 2 rings (SSSR count). The molecular weight excluding hydrogens is 220 g/mol. The lowest BCUT2D eigenvalue weighted by Gasteiger charge is -2.07. The quantitative estimate of drug-likeness (QED) is 0.707. The number of halogens is 1. The highest BCUT2D eigenvalue weighted by atomic mass is 35.5. The molecule has 0 amide bonds. The normalized spacial score (nSPS) is 11.9. The Balaban J connectivity index is 2.76. The zero-order valence-electron chi connectivity index (χ0n) is 10.2. The smallest absolute Gasteiger partial charge is 0.142 e. The zero-order valence-corrected chi connectivity index (χ0v) is 10.9. The van der Waals surface area contributed by atoms with E-state index < -0.39 is 0 Å². The lowest BCUT2D eigenvalue weighted by Crippen LogP contribution is -1.99. The third-order valence-corrected chi connectivity index (χ3v) is 3.06. The summed E-state index contributed by atoms with van der Waals surface area (Å²) in [5, 5.41) is 1.77. The van der Waals surface area contributed by atoms with Gasteiger partial charge in [0, 0.05) is 17.6 Å². The number of fused-ring (bicyclic) bond motifs is 1. The van der Waals surface area contributed by atoms with Crippen LogP contribution >= 0.6 is 11.6 Å². The Morgan fingerprint density at radius 2 is 1.88 bits per heavy atom. The largest absolute Gasteiger partial charge is 0.330 e. The minimum Gasteiger partial charge on any atom is -0.330 e. The second-order valence-electron chi connectivity index (χ2n) is 4.75. The third kappa shape index (κ3) is 1.82. The van der Waals surface area contributed by atoms with Gasteiger partial charge in [0.1, 0.15) is 10.8 Å². The number of hydrogen-bond acceptors (Lipinski definition) is 1. The van der Waals surface area contributed by atoms with E-state index in [1.807, 2.05) is 6.07 Å². The van der Waals surface area contributed by atoms with Crippen LogP contribution in [0.1, 0.15) is 45.2 Å². The molecule has 0 atom stereocenters. The van der Waals surface area contributed by atoms with E-state index in [-0.39, 0.29) is 0 Å². The standard InChI is InChI=1S/C13H17ClN2/c1-8(2)11-7-16(9(3)4)13-10(11)5-6-12(14)15-13/h5-9H,1-4H3. The summed E-state index contributed by atoms with van der Waals surface area (Å²) in [5.74, 6) is 0.505. The molecule has 0 bridgehead atoms. The molecule has 2 heterocycles. The molecule has 16 heavy (non-hydrogen) atoms. The van der Waals surface area contributed by atoms with Crippen molar-refractivity contribution in [1.82, 2.24) is 9.55 Å². The SMILES string of the molecule is CC(C)c1cn(C(C)C)c2nc(Cl)ccc12. The first-order chi connectivity index (χ1) is 7.50. The minimum atomic E-state index is 0.404. The molecule has 2 nitrogen and oxygen atoms in total. The number of nitrogens with zero attached hydrogens (tertiary/aromatic N) is 2. The first kappa shape index (κ1) is 11.5. The number of rotatable bonds is 2. The Morgan fingerprint density at radius 1 is 1.19 bits per heavy atom. The number of pyridine rings is 1. The van der Waals surface area contributed by atoms with Crippen molar-refractivity contribution < 1.29 is 0 Å². The Morgan fingerprint density at radius 3 is 2.44 bits per heavy atom. The van der Waals surface area contributed by atoms with E-state index in [4.69, 9.17) is 11.6 Å². The maximum atomic E-state index is 5.96. The summed E-state index contributed by atoms with van der Waals surface area (Å²) in [4.78, 5) is 4.43. The average Bonchev–Trinajstić information content (AvgIpc) is 2.56. The summed E-state index contributed by atoms with van der Waals surface area (Å²) >= 11 is 5.96. The van der Waals surface area contributed by atoms with Gasteiger partial charge in [0.15, 0.2) is 0 Å². The van der Waals surface area contributed by atoms with Crippen LogP contribution in [0, 0.1) is 0 Å². The summed E-state index contributed by atoms with van der Waals surface area (Å²) in [5.41, 5.74) is 2.33. The Bertz CT molecular complexity index is 512. The predicted molar refractivity (Wildman–Crippen MR) is 69.2 cm³/mol. The third-order valence-electron chi connectivity index (χ3n) is 2.85. The molecule has 2 aromatic heterocycles. The van der Waals surface area contributed by atoms with Crippen LogP contribution in [0.25, 0.3) is 11.0 Å². The molecular formula is C13H17ClN2. The van der Waals surface area contributed by atoms with Gasteiger partial charge in [-0.05, 0) is 37.5 Å². The van der Waals surface area contributed by atoms with Crippen LogP contribution in [0.3, 0.4) is 0 Å². The maximum absolute atomic E-state index is 5.96. The van der Waals surface area contributed by atoms with Gasteiger partial charge in [-0.15, -0.1) is 0 Å². The highest BCUT2D eigenvalue weighted by Crippen LogP contribution is 2.29. The second-order valence-corrected chi connectivity index (χ2v) is 5.13. The van der Waals surface area contributed by atoms with Crippen LogP contribution < -0.4 is 0 Å². The van der Waals surface area contributed by atoms with Crippen molar-refractivity contribution in [2.75, 3.05) is 0 Å². The molecule has 3 heteroatoms. The topological polar surface area (TPSA) is 17.8 Å². The van der Waals surface area contributed by atoms with Gasteiger partial charge in [-0.3, -0.25) is 0 Å². The van der Waals surface area contributed by atoms with E-state index >= 15 is 0 Å². The van der Waals surface area contributed by atoms with Gasteiger partial charge in [0.25, 0.3) is 0 Å². The van der Waals surface area contributed by atoms with Crippen molar-refractivity contribution in [3.8, 4) is 0 Å². The molecule has 0 aliphatic carbocycles. The van der Waals surface area contributed by atoms with Crippen LogP contribution in [-0.4, -0.2) is 9.55 Å². The van der Waals surface area contributed by atoms with Crippen LogP contribution in [0.2, 0.25) is 5.15 Å². The van der Waals surface area contributed by atoms with E-state index in [0.29, 0.717) is 17.1 Å². The lowest BCUT2D eigenvalue weighted by molar-refractivity contribution is 0.614. The molecule has 0 aliphatic rings. The van der Waals surface area contributed by atoms with Crippen LogP contribution in [0.5, 0.6) is 0 Å². The first-order valence-electron chi connectivity index (χ1n) is 5.67. The van der Waals surface area contributed by atoms with Crippen molar-refractivity contribution in [1.29, 1.82) is 0 Å². The van der Waals surface area contributed by atoms with Crippen LogP contribution in [-0.2, 0) is 0 Å². The van der Waals surface area contributed by atoms with Crippen molar-refractivity contribution in [3.63, 3.8) is 0 Å². The fraction of sp³-hybridized carbons (Fsp3) is 0.462. The van der Waals surface area contributed by atoms with E-state index in [9.17, 15) is 0 Å². The maximum Gasteiger partial charge on any atom is 0.142 e. The molecule has 0 unspecified atom stereocenters. The molecule has 0 N–H and O–H groups in total. The monoisotopic (exact) mass is 236 g/mol. The second kappa shape index (κ2) is 4.10. The summed E-state index contributed by atoms with van der Waals surface area (Å²) < 4.78 is 2.19. The van der Waals surface area contributed by atoms with Crippen LogP contribution in [0.4, 0.5) is 0 Å².